The Kier molecular flexibility index (Phi) is 7.76. The van der Waals surface area contributed by atoms with Crippen LogP contribution in [-0.2, 0) is 31.9 Å². The summed E-state index contributed by atoms with van der Waals surface area (Å²) in [6.07, 6.45) is 0.953. The number of nitrogens with zero attached hydrogens (tertiary/aromatic N) is 1. The van der Waals surface area contributed by atoms with Gasteiger partial charge in [0.15, 0.2) is 0 Å². The molecule has 0 aromatic heterocycles. The average Bonchev–Trinajstić information content (AvgIpc) is 2.71. The van der Waals surface area contributed by atoms with Gasteiger partial charge in [0, 0.05) is 31.8 Å². The van der Waals surface area contributed by atoms with Crippen molar-refractivity contribution < 1.29 is 17.9 Å². The summed E-state index contributed by atoms with van der Waals surface area (Å²) in [6, 6.07) is 12.3. The highest BCUT2D eigenvalue weighted by atomic mass is 35.5. The van der Waals surface area contributed by atoms with Gasteiger partial charge in [-0.05, 0) is 48.2 Å². The number of hydrogen-bond acceptors (Lipinski definition) is 4. The number of carbonyl (C=O) groups is 1. The Labute approximate surface area is 187 Å². The van der Waals surface area contributed by atoms with E-state index in [9.17, 15) is 13.2 Å². The maximum absolute atomic E-state index is 12.8. The predicted octanol–water partition coefficient (Wildman–Crippen LogP) is 4.32. The molecule has 1 N–H and O–H groups in total. The zero-order valence-corrected chi connectivity index (χ0v) is 18.9. The van der Waals surface area contributed by atoms with E-state index in [1.54, 1.807) is 25.3 Å². The van der Waals surface area contributed by atoms with Gasteiger partial charge in [-0.25, -0.2) is 12.7 Å². The molecule has 1 aliphatic rings. The normalized spacial score (nSPS) is 15.8. The number of ether oxygens (including phenoxy) is 1. The molecule has 30 heavy (non-hydrogen) atoms. The lowest BCUT2D eigenvalue weighted by Gasteiger charge is -2.30. The van der Waals surface area contributed by atoms with E-state index in [4.69, 9.17) is 27.9 Å². The maximum Gasteiger partial charge on any atom is 0.227 e. The molecular formula is C21H24Cl2N2O4S. The molecule has 0 bridgehead atoms. The summed E-state index contributed by atoms with van der Waals surface area (Å²) in [6.45, 7) is 1.09. The van der Waals surface area contributed by atoms with E-state index in [0.717, 1.165) is 5.56 Å². The number of hydrogen-bond donors (Lipinski definition) is 1. The van der Waals surface area contributed by atoms with Crippen molar-refractivity contribution in [2.24, 2.45) is 5.92 Å². The number of piperidine rings is 1. The van der Waals surface area contributed by atoms with E-state index >= 15 is 0 Å². The van der Waals surface area contributed by atoms with Gasteiger partial charge in [-0.3, -0.25) is 4.79 Å². The molecule has 3 rings (SSSR count). The minimum absolute atomic E-state index is 0.0916. The smallest absolute Gasteiger partial charge is 0.227 e. The summed E-state index contributed by atoms with van der Waals surface area (Å²) < 4.78 is 32.1. The Balaban J connectivity index is 1.56. The van der Waals surface area contributed by atoms with Crippen LogP contribution in [0.25, 0.3) is 0 Å². The molecule has 6 nitrogen and oxygen atoms in total. The zero-order chi connectivity index (χ0) is 21.7. The minimum atomic E-state index is -3.50. The summed E-state index contributed by atoms with van der Waals surface area (Å²) in [5.74, 6) is -0.467. The highest BCUT2D eigenvalue weighted by Crippen LogP contribution is 2.26. The lowest BCUT2D eigenvalue weighted by molar-refractivity contribution is -0.120. The van der Waals surface area contributed by atoms with E-state index in [1.807, 2.05) is 24.3 Å². The predicted molar refractivity (Wildman–Crippen MR) is 119 cm³/mol. The van der Waals surface area contributed by atoms with Crippen LogP contribution in [0.5, 0.6) is 0 Å². The van der Waals surface area contributed by atoms with E-state index in [0.29, 0.717) is 53.8 Å². The van der Waals surface area contributed by atoms with Gasteiger partial charge < -0.3 is 10.1 Å². The number of amides is 1. The van der Waals surface area contributed by atoms with Crippen LogP contribution >= 0.6 is 23.2 Å². The summed E-state index contributed by atoms with van der Waals surface area (Å²) in [5, 5.41) is 3.64. The number of sulfonamides is 1. The van der Waals surface area contributed by atoms with E-state index in [-0.39, 0.29) is 17.6 Å². The highest BCUT2D eigenvalue weighted by molar-refractivity contribution is 7.88. The van der Waals surface area contributed by atoms with Crippen molar-refractivity contribution in [3.8, 4) is 0 Å². The third kappa shape index (κ3) is 5.95. The second-order valence-electron chi connectivity index (χ2n) is 7.30. The van der Waals surface area contributed by atoms with Crippen LogP contribution in [0.1, 0.15) is 24.0 Å². The zero-order valence-electron chi connectivity index (χ0n) is 16.6. The van der Waals surface area contributed by atoms with Gasteiger partial charge in [0.2, 0.25) is 15.9 Å². The molecule has 0 radical (unpaired) electrons. The third-order valence-electron chi connectivity index (χ3n) is 5.06. The van der Waals surface area contributed by atoms with Crippen LogP contribution < -0.4 is 5.32 Å². The van der Waals surface area contributed by atoms with Crippen LogP contribution in [0.15, 0.2) is 42.5 Å². The van der Waals surface area contributed by atoms with Crippen molar-refractivity contribution >= 4 is 44.8 Å². The fourth-order valence-corrected chi connectivity index (χ4v) is 5.35. The first-order valence-electron chi connectivity index (χ1n) is 9.59. The first-order chi connectivity index (χ1) is 14.3. The molecule has 1 heterocycles. The summed E-state index contributed by atoms with van der Waals surface area (Å²) >= 11 is 11.9. The lowest BCUT2D eigenvalue weighted by Crippen LogP contribution is -2.41. The van der Waals surface area contributed by atoms with Gasteiger partial charge in [-0.1, -0.05) is 41.4 Å². The first-order valence-corrected chi connectivity index (χ1v) is 12.0. The standard InChI is InChI=1S/C21H24Cl2N2O4S/c1-29-13-15-3-2-4-18(11-15)24-21(26)17-7-9-25(10-8-17)30(27,28)14-16-5-6-19(22)20(23)12-16/h2-6,11-12,17H,7-10,13-14H2,1H3,(H,24,26). The van der Waals surface area contributed by atoms with Crippen LogP contribution in [0.2, 0.25) is 10.0 Å². The number of methoxy groups -OCH3 is 1. The van der Waals surface area contributed by atoms with E-state index in [2.05, 4.69) is 5.32 Å². The molecule has 2 aromatic rings. The van der Waals surface area contributed by atoms with Crippen LogP contribution in [-0.4, -0.2) is 38.8 Å². The molecule has 1 fully saturated rings. The van der Waals surface area contributed by atoms with Gasteiger partial charge >= 0.3 is 0 Å². The molecule has 162 valence electrons. The van der Waals surface area contributed by atoms with Gasteiger partial charge in [0.05, 0.1) is 22.4 Å². The Morgan fingerprint density at radius 2 is 1.83 bits per heavy atom. The van der Waals surface area contributed by atoms with Crippen molar-refractivity contribution in [3.05, 3.63) is 63.6 Å². The number of carbonyl (C=O) groups excluding carboxylic acids is 1. The van der Waals surface area contributed by atoms with Crippen molar-refractivity contribution in [3.63, 3.8) is 0 Å². The Morgan fingerprint density at radius 3 is 2.50 bits per heavy atom. The van der Waals surface area contributed by atoms with Crippen LogP contribution in [0.4, 0.5) is 5.69 Å². The topological polar surface area (TPSA) is 75.7 Å². The summed E-state index contributed by atoms with van der Waals surface area (Å²) in [7, 11) is -1.88. The molecule has 0 spiro atoms. The SMILES string of the molecule is COCc1cccc(NC(=O)C2CCN(S(=O)(=O)Cc3ccc(Cl)c(Cl)c3)CC2)c1. The number of anilines is 1. The average molecular weight is 471 g/mol. The Bertz CT molecular complexity index is 1010. The lowest BCUT2D eigenvalue weighted by atomic mass is 9.97. The molecule has 2 aromatic carbocycles. The van der Waals surface area contributed by atoms with Gasteiger partial charge in [-0.15, -0.1) is 0 Å². The fourth-order valence-electron chi connectivity index (χ4n) is 3.48. The number of halogens is 2. The van der Waals surface area contributed by atoms with Crippen molar-refractivity contribution in [2.75, 3.05) is 25.5 Å². The highest BCUT2D eigenvalue weighted by Gasteiger charge is 2.31. The Morgan fingerprint density at radius 1 is 1.10 bits per heavy atom. The molecule has 1 saturated heterocycles. The number of rotatable bonds is 7. The molecule has 0 unspecified atom stereocenters. The van der Waals surface area contributed by atoms with Crippen molar-refractivity contribution in [2.45, 2.75) is 25.2 Å². The largest absolute Gasteiger partial charge is 0.380 e. The fraction of sp³-hybridized carbons (Fsp3) is 0.381. The first kappa shape index (κ1) is 23.0. The van der Waals surface area contributed by atoms with Gasteiger partial charge in [0.1, 0.15) is 0 Å². The minimum Gasteiger partial charge on any atom is -0.380 e. The van der Waals surface area contributed by atoms with Crippen LogP contribution in [0.3, 0.4) is 0 Å². The monoisotopic (exact) mass is 470 g/mol. The van der Waals surface area contributed by atoms with E-state index < -0.39 is 10.0 Å². The molecule has 0 aliphatic carbocycles. The maximum atomic E-state index is 12.8. The molecular weight excluding hydrogens is 447 g/mol. The van der Waals surface area contributed by atoms with Crippen molar-refractivity contribution in [1.29, 1.82) is 0 Å². The number of nitrogens with one attached hydrogen (secondary N) is 1. The number of benzene rings is 2. The Hall–Kier alpha value is -1.64. The second kappa shape index (κ2) is 10.1. The molecule has 1 aliphatic heterocycles. The summed E-state index contributed by atoms with van der Waals surface area (Å²) in [4.78, 5) is 12.6. The van der Waals surface area contributed by atoms with E-state index in [1.165, 1.54) is 4.31 Å². The van der Waals surface area contributed by atoms with Crippen LogP contribution in [0, 0.1) is 5.92 Å². The second-order valence-corrected chi connectivity index (χ2v) is 10.1. The third-order valence-corrected chi connectivity index (χ3v) is 7.65. The summed E-state index contributed by atoms with van der Waals surface area (Å²) in [5.41, 5.74) is 2.27. The quantitative estimate of drug-likeness (QED) is 0.653. The molecule has 1 amide bonds. The van der Waals surface area contributed by atoms with Gasteiger partial charge in [-0.2, -0.15) is 0 Å². The van der Waals surface area contributed by atoms with Crippen molar-refractivity contribution in [1.82, 2.24) is 4.31 Å². The molecule has 9 heteroatoms. The van der Waals surface area contributed by atoms with Gasteiger partial charge in [0.25, 0.3) is 0 Å². The molecule has 0 saturated carbocycles. The molecule has 0 atom stereocenters.